The Kier molecular flexibility index (Phi) is 3.88. The van der Waals surface area contributed by atoms with Gasteiger partial charge < -0.3 is 10.1 Å². The smallest absolute Gasteiger partial charge is 0.325 e. The Bertz CT molecular complexity index is 537. The number of methoxy groups -OCH3 is 1. The van der Waals surface area contributed by atoms with E-state index >= 15 is 0 Å². The fourth-order valence-electron chi connectivity index (χ4n) is 1.42. The molecule has 0 amide bonds. The van der Waals surface area contributed by atoms with Crippen molar-refractivity contribution in [1.29, 1.82) is 0 Å². The summed E-state index contributed by atoms with van der Waals surface area (Å²) in [5, 5.41) is 13.0. The topological polar surface area (TPSA) is 64.1 Å². The van der Waals surface area contributed by atoms with Crippen molar-refractivity contribution in [2.45, 2.75) is 6.92 Å². The summed E-state index contributed by atoms with van der Waals surface area (Å²) in [5.74, 6) is 0.216. The van der Waals surface area contributed by atoms with Crippen LogP contribution in [0.5, 0.6) is 0 Å². The fourth-order valence-corrected chi connectivity index (χ4v) is 2.31. The second-order valence-corrected chi connectivity index (χ2v) is 4.58. The summed E-state index contributed by atoms with van der Waals surface area (Å²) in [5.41, 5.74) is 2.02. The zero-order chi connectivity index (χ0) is 13.0. The van der Waals surface area contributed by atoms with Gasteiger partial charge in [0.25, 0.3) is 0 Å². The zero-order valence-corrected chi connectivity index (χ0v) is 11.0. The molecule has 2 aromatic heterocycles. The summed E-state index contributed by atoms with van der Waals surface area (Å²) in [6.45, 7) is 2.12. The molecule has 0 spiro atoms. The lowest BCUT2D eigenvalue weighted by Gasteiger charge is -2.04. The number of esters is 1. The molecule has 1 N–H and O–H groups in total. The number of rotatable bonds is 4. The SMILES string of the molecule is COC(=O)CNc1ccc(-c2sccc2C)nn1. The molecule has 0 atom stereocenters. The third-order valence-electron chi connectivity index (χ3n) is 2.40. The van der Waals surface area contributed by atoms with Crippen LogP contribution in [0.1, 0.15) is 5.56 Å². The van der Waals surface area contributed by atoms with Crippen LogP contribution < -0.4 is 5.32 Å². The van der Waals surface area contributed by atoms with Crippen molar-refractivity contribution in [3.63, 3.8) is 0 Å². The van der Waals surface area contributed by atoms with Crippen LogP contribution in [0, 0.1) is 6.92 Å². The quantitative estimate of drug-likeness (QED) is 0.856. The average Bonchev–Trinajstić information content (AvgIpc) is 2.83. The minimum atomic E-state index is -0.338. The van der Waals surface area contributed by atoms with E-state index in [1.165, 1.54) is 12.7 Å². The van der Waals surface area contributed by atoms with E-state index in [0.717, 1.165) is 10.6 Å². The third kappa shape index (κ3) is 2.84. The molecule has 2 heterocycles. The Hall–Kier alpha value is -1.95. The number of aryl methyl sites for hydroxylation is 1. The van der Waals surface area contributed by atoms with Crippen LogP contribution in [0.15, 0.2) is 23.6 Å². The molecule has 2 aromatic rings. The molecule has 0 aromatic carbocycles. The van der Waals surface area contributed by atoms with Gasteiger partial charge in [0.15, 0.2) is 0 Å². The van der Waals surface area contributed by atoms with Gasteiger partial charge in [0.05, 0.1) is 12.0 Å². The highest BCUT2D eigenvalue weighted by molar-refractivity contribution is 7.13. The summed E-state index contributed by atoms with van der Waals surface area (Å²) in [6.07, 6.45) is 0. The van der Waals surface area contributed by atoms with Crippen LogP contribution in [0.25, 0.3) is 10.6 Å². The van der Waals surface area contributed by atoms with Gasteiger partial charge in [-0.15, -0.1) is 21.5 Å². The summed E-state index contributed by atoms with van der Waals surface area (Å²) < 4.78 is 4.52. The van der Waals surface area contributed by atoms with Crippen LogP contribution in [-0.4, -0.2) is 29.8 Å². The van der Waals surface area contributed by atoms with E-state index in [1.807, 2.05) is 24.4 Å². The number of carbonyl (C=O) groups excluding carboxylic acids is 1. The molecule has 0 aliphatic carbocycles. The zero-order valence-electron chi connectivity index (χ0n) is 10.1. The van der Waals surface area contributed by atoms with E-state index in [0.29, 0.717) is 5.82 Å². The van der Waals surface area contributed by atoms with Gasteiger partial charge >= 0.3 is 5.97 Å². The standard InChI is InChI=1S/C12H13N3O2S/c1-8-5-6-18-12(8)9-3-4-10(15-14-9)13-7-11(16)17-2/h3-6H,7H2,1-2H3,(H,13,15). The van der Waals surface area contributed by atoms with Gasteiger partial charge in [-0.2, -0.15) is 0 Å². The van der Waals surface area contributed by atoms with Gasteiger partial charge in [-0.1, -0.05) is 0 Å². The maximum Gasteiger partial charge on any atom is 0.325 e. The van der Waals surface area contributed by atoms with E-state index in [9.17, 15) is 4.79 Å². The first kappa shape index (κ1) is 12.5. The summed E-state index contributed by atoms with van der Waals surface area (Å²) in [7, 11) is 1.35. The Morgan fingerprint density at radius 3 is 2.78 bits per heavy atom. The van der Waals surface area contributed by atoms with Gasteiger partial charge in [0.2, 0.25) is 0 Å². The minimum absolute atomic E-state index is 0.0859. The van der Waals surface area contributed by atoms with Gasteiger partial charge in [-0.25, -0.2) is 0 Å². The molecular formula is C12H13N3O2S. The van der Waals surface area contributed by atoms with E-state index in [2.05, 4.69) is 20.3 Å². The average molecular weight is 263 g/mol. The number of aromatic nitrogens is 2. The van der Waals surface area contributed by atoms with E-state index in [1.54, 1.807) is 17.4 Å². The predicted molar refractivity (Wildman–Crippen MR) is 70.6 cm³/mol. The molecule has 0 radical (unpaired) electrons. The predicted octanol–water partition coefficient (Wildman–Crippen LogP) is 2.10. The normalized spacial score (nSPS) is 10.1. The Morgan fingerprint density at radius 2 is 2.22 bits per heavy atom. The van der Waals surface area contributed by atoms with E-state index < -0.39 is 0 Å². The molecule has 0 aliphatic rings. The number of hydrogen-bond acceptors (Lipinski definition) is 6. The monoisotopic (exact) mass is 263 g/mol. The first-order chi connectivity index (χ1) is 8.70. The van der Waals surface area contributed by atoms with Crippen molar-refractivity contribution >= 4 is 23.1 Å². The number of nitrogens with one attached hydrogen (secondary N) is 1. The third-order valence-corrected chi connectivity index (χ3v) is 3.44. The highest BCUT2D eigenvalue weighted by Crippen LogP contribution is 2.26. The van der Waals surface area contributed by atoms with Crippen LogP contribution in [0.2, 0.25) is 0 Å². The first-order valence-corrected chi connectivity index (χ1v) is 6.27. The molecule has 0 saturated carbocycles. The molecule has 0 unspecified atom stereocenters. The molecule has 5 nitrogen and oxygen atoms in total. The number of ether oxygens (including phenoxy) is 1. The summed E-state index contributed by atoms with van der Waals surface area (Å²) in [4.78, 5) is 12.1. The maximum absolute atomic E-state index is 11.0. The lowest BCUT2D eigenvalue weighted by molar-refractivity contribution is -0.138. The highest BCUT2D eigenvalue weighted by Gasteiger charge is 2.06. The van der Waals surface area contributed by atoms with Crippen molar-refractivity contribution in [2.24, 2.45) is 0 Å². The number of anilines is 1. The van der Waals surface area contributed by atoms with Crippen molar-refractivity contribution in [3.8, 4) is 10.6 Å². The Morgan fingerprint density at radius 1 is 1.39 bits per heavy atom. The van der Waals surface area contributed by atoms with Crippen LogP contribution in [0.3, 0.4) is 0 Å². The molecule has 6 heteroatoms. The van der Waals surface area contributed by atoms with Gasteiger partial charge in [-0.05, 0) is 36.1 Å². The highest BCUT2D eigenvalue weighted by atomic mass is 32.1. The van der Waals surface area contributed by atoms with Crippen molar-refractivity contribution in [1.82, 2.24) is 10.2 Å². The first-order valence-electron chi connectivity index (χ1n) is 5.39. The Balaban J connectivity index is 2.06. The maximum atomic E-state index is 11.0. The Labute approximate surface area is 109 Å². The number of hydrogen-bond donors (Lipinski definition) is 1. The molecule has 0 bridgehead atoms. The van der Waals surface area contributed by atoms with Crippen molar-refractivity contribution in [2.75, 3.05) is 19.0 Å². The van der Waals surface area contributed by atoms with Crippen molar-refractivity contribution in [3.05, 3.63) is 29.1 Å². The lowest BCUT2D eigenvalue weighted by Crippen LogP contribution is -2.15. The second kappa shape index (κ2) is 5.59. The number of nitrogens with zero attached hydrogens (tertiary/aromatic N) is 2. The van der Waals surface area contributed by atoms with Gasteiger partial charge in [-0.3, -0.25) is 4.79 Å². The molecule has 94 valence electrons. The van der Waals surface area contributed by atoms with E-state index in [-0.39, 0.29) is 12.5 Å². The molecule has 0 fully saturated rings. The van der Waals surface area contributed by atoms with Crippen molar-refractivity contribution < 1.29 is 9.53 Å². The summed E-state index contributed by atoms with van der Waals surface area (Å²) in [6, 6.07) is 5.72. The second-order valence-electron chi connectivity index (χ2n) is 3.67. The number of thiophene rings is 1. The van der Waals surface area contributed by atoms with Gasteiger partial charge in [0.1, 0.15) is 18.1 Å². The lowest BCUT2D eigenvalue weighted by atomic mass is 10.2. The molecule has 18 heavy (non-hydrogen) atoms. The van der Waals surface area contributed by atoms with Crippen LogP contribution in [-0.2, 0) is 9.53 Å². The van der Waals surface area contributed by atoms with E-state index in [4.69, 9.17) is 0 Å². The fraction of sp³-hybridized carbons (Fsp3) is 0.250. The van der Waals surface area contributed by atoms with Gasteiger partial charge in [0, 0.05) is 0 Å². The number of carbonyl (C=O) groups is 1. The van der Waals surface area contributed by atoms with Crippen LogP contribution in [0.4, 0.5) is 5.82 Å². The molecule has 0 aliphatic heterocycles. The summed E-state index contributed by atoms with van der Waals surface area (Å²) >= 11 is 1.63. The molecular weight excluding hydrogens is 250 g/mol. The minimum Gasteiger partial charge on any atom is -0.468 e. The van der Waals surface area contributed by atoms with Crippen LogP contribution >= 0.6 is 11.3 Å². The molecule has 2 rings (SSSR count). The molecule has 0 saturated heterocycles. The largest absolute Gasteiger partial charge is 0.468 e.